The predicted octanol–water partition coefficient (Wildman–Crippen LogP) is 9.38. The summed E-state index contributed by atoms with van der Waals surface area (Å²) >= 11 is 0. The smallest absolute Gasteiger partial charge is 0.191 e. The molecule has 0 N–H and O–H groups in total. The molecule has 3 fully saturated rings. The first-order valence-electron chi connectivity index (χ1n) is 13.9. The molecule has 3 aliphatic carbocycles. The second kappa shape index (κ2) is 12.4. The molecule has 4 atom stereocenters. The molecule has 1 aromatic rings. The zero-order valence-corrected chi connectivity index (χ0v) is 21.3. The van der Waals surface area contributed by atoms with Crippen molar-refractivity contribution in [1.82, 2.24) is 0 Å². The van der Waals surface area contributed by atoms with E-state index in [1.165, 1.54) is 76.3 Å². The fourth-order valence-corrected chi connectivity index (χ4v) is 7.32. The number of benzene rings is 1. The van der Waals surface area contributed by atoms with E-state index in [1.807, 2.05) is 13.0 Å². The fraction of sp³-hybridized carbons (Fsp3) is 0.677. The van der Waals surface area contributed by atoms with Gasteiger partial charge in [-0.05, 0) is 138 Å². The molecule has 0 bridgehead atoms. The van der Waals surface area contributed by atoms with E-state index in [-0.39, 0.29) is 18.3 Å². The lowest BCUT2D eigenvalue weighted by Gasteiger charge is -2.45. The normalized spacial score (nSPS) is 32.2. The van der Waals surface area contributed by atoms with Crippen molar-refractivity contribution in [3.8, 4) is 5.75 Å². The number of rotatable bonds is 8. The van der Waals surface area contributed by atoms with E-state index in [0.717, 1.165) is 48.0 Å². The Labute approximate surface area is 206 Å². The number of allylic oxidation sites excluding steroid dienone is 3. The summed E-state index contributed by atoms with van der Waals surface area (Å²) < 4.78 is 34.4. The van der Waals surface area contributed by atoms with Gasteiger partial charge in [0.2, 0.25) is 0 Å². The number of hydrogen-bond donors (Lipinski definition) is 0. The van der Waals surface area contributed by atoms with Crippen molar-refractivity contribution >= 4 is 0 Å². The maximum atomic E-state index is 14.5. The van der Waals surface area contributed by atoms with E-state index in [1.54, 1.807) is 6.08 Å². The molecular formula is C31H44F2O. The number of ether oxygens (including phenoxy) is 1. The molecule has 0 aromatic heterocycles. The number of hydrogen-bond acceptors (Lipinski definition) is 1. The van der Waals surface area contributed by atoms with Gasteiger partial charge in [-0.3, -0.25) is 0 Å². The van der Waals surface area contributed by atoms with Crippen molar-refractivity contribution in [3.63, 3.8) is 0 Å². The van der Waals surface area contributed by atoms with Crippen LogP contribution >= 0.6 is 0 Å². The first kappa shape index (κ1) is 25.5. The third-order valence-corrected chi connectivity index (χ3v) is 9.23. The van der Waals surface area contributed by atoms with E-state index in [2.05, 4.69) is 19.1 Å². The van der Waals surface area contributed by atoms with Gasteiger partial charge in [0.25, 0.3) is 0 Å². The molecule has 34 heavy (non-hydrogen) atoms. The molecule has 0 heterocycles. The van der Waals surface area contributed by atoms with Gasteiger partial charge in [0.1, 0.15) is 6.61 Å². The lowest BCUT2D eigenvalue weighted by atomic mass is 9.60. The summed E-state index contributed by atoms with van der Waals surface area (Å²) in [5.74, 6) is 3.44. The predicted molar refractivity (Wildman–Crippen MR) is 137 cm³/mol. The SMILES string of the molecule is CC=CCCC1CCC2CC(C3CCC(c4cc(F)c(OCC=CC)c(F)c4)CC3)CCC2C1. The van der Waals surface area contributed by atoms with Crippen LogP contribution in [-0.2, 0) is 0 Å². The molecule has 0 amide bonds. The molecule has 3 heteroatoms. The monoisotopic (exact) mass is 470 g/mol. The summed E-state index contributed by atoms with van der Waals surface area (Å²) in [6, 6.07) is 3.03. The van der Waals surface area contributed by atoms with Crippen LogP contribution in [-0.4, -0.2) is 6.61 Å². The Morgan fingerprint density at radius 3 is 2.03 bits per heavy atom. The maximum absolute atomic E-state index is 14.5. The van der Waals surface area contributed by atoms with Crippen molar-refractivity contribution in [2.45, 2.75) is 96.8 Å². The fourth-order valence-electron chi connectivity index (χ4n) is 7.32. The van der Waals surface area contributed by atoms with E-state index < -0.39 is 11.6 Å². The highest BCUT2D eigenvalue weighted by atomic mass is 19.1. The molecule has 188 valence electrons. The Balaban J connectivity index is 1.26. The van der Waals surface area contributed by atoms with E-state index in [9.17, 15) is 8.78 Å². The summed E-state index contributed by atoms with van der Waals surface area (Å²) in [5.41, 5.74) is 0.812. The van der Waals surface area contributed by atoms with Crippen molar-refractivity contribution in [2.24, 2.45) is 29.6 Å². The zero-order chi connectivity index (χ0) is 23.9. The van der Waals surface area contributed by atoms with Gasteiger partial charge >= 0.3 is 0 Å². The molecule has 0 saturated heterocycles. The topological polar surface area (TPSA) is 9.23 Å². The van der Waals surface area contributed by atoms with Crippen LogP contribution in [0.3, 0.4) is 0 Å². The quantitative estimate of drug-likeness (QED) is 0.344. The standard InChI is InChI=1S/C31H44F2O/c1-3-5-7-8-22-9-10-27-19-26(16-15-25(27)18-22)23-11-13-24(14-12-23)28-20-29(32)31(30(33)21-28)34-17-6-4-2/h3-6,20-27H,7-19H2,1-2H3. The number of halogens is 2. The highest BCUT2D eigenvalue weighted by Crippen LogP contribution is 2.50. The molecule has 4 unspecified atom stereocenters. The van der Waals surface area contributed by atoms with Gasteiger partial charge in [-0.2, -0.15) is 0 Å². The van der Waals surface area contributed by atoms with Crippen LogP contribution in [0, 0.1) is 41.2 Å². The van der Waals surface area contributed by atoms with E-state index >= 15 is 0 Å². The summed E-state index contributed by atoms with van der Waals surface area (Å²) in [6.07, 6.45) is 23.9. The van der Waals surface area contributed by atoms with Crippen molar-refractivity contribution in [2.75, 3.05) is 6.61 Å². The van der Waals surface area contributed by atoms with Crippen LogP contribution in [0.5, 0.6) is 5.75 Å². The van der Waals surface area contributed by atoms with Crippen LogP contribution in [0.25, 0.3) is 0 Å². The second-order valence-corrected chi connectivity index (χ2v) is 11.2. The Morgan fingerprint density at radius 1 is 0.765 bits per heavy atom. The molecule has 3 saturated carbocycles. The van der Waals surface area contributed by atoms with Crippen molar-refractivity contribution in [3.05, 3.63) is 53.6 Å². The van der Waals surface area contributed by atoms with Crippen LogP contribution < -0.4 is 4.74 Å². The Morgan fingerprint density at radius 2 is 1.35 bits per heavy atom. The van der Waals surface area contributed by atoms with Crippen molar-refractivity contribution < 1.29 is 13.5 Å². The summed E-state index contributed by atoms with van der Waals surface area (Å²) in [7, 11) is 0. The van der Waals surface area contributed by atoms with Crippen LogP contribution in [0.15, 0.2) is 36.4 Å². The summed E-state index contributed by atoms with van der Waals surface area (Å²) in [4.78, 5) is 0. The lowest BCUT2D eigenvalue weighted by Crippen LogP contribution is -2.34. The minimum absolute atomic E-state index is 0.189. The summed E-state index contributed by atoms with van der Waals surface area (Å²) in [6.45, 7) is 4.18. The minimum atomic E-state index is -0.568. The average molecular weight is 471 g/mol. The Bertz CT molecular complexity index is 813. The van der Waals surface area contributed by atoms with Crippen LogP contribution in [0.1, 0.15) is 102 Å². The highest BCUT2D eigenvalue weighted by molar-refractivity contribution is 5.33. The molecule has 0 aliphatic heterocycles. The van der Waals surface area contributed by atoms with E-state index in [0.29, 0.717) is 0 Å². The summed E-state index contributed by atoms with van der Waals surface area (Å²) in [5, 5.41) is 0. The molecule has 1 nitrogen and oxygen atoms in total. The lowest BCUT2D eigenvalue weighted by molar-refractivity contribution is 0.0621. The maximum Gasteiger partial charge on any atom is 0.191 e. The largest absolute Gasteiger partial charge is 0.483 e. The van der Waals surface area contributed by atoms with Gasteiger partial charge in [0.05, 0.1) is 0 Å². The average Bonchev–Trinajstić information content (AvgIpc) is 2.85. The highest BCUT2D eigenvalue weighted by Gasteiger charge is 2.38. The first-order valence-corrected chi connectivity index (χ1v) is 13.9. The Kier molecular flexibility index (Phi) is 9.25. The van der Waals surface area contributed by atoms with E-state index in [4.69, 9.17) is 4.74 Å². The van der Waals surface area contributed by atoms with Gasteiger partial charge < -0.3 is 4.74 Å². The van der Waals surface area contributed by atoms with Crippen molar-refractivity contribution in [1.29, 1.82) is 0 Å². The first-order chi connectivity index (χ1) is 16.6. The molecule has 3 aliphatic rings. The molecular weight excluding hydrogens is 426 g/mol. The molecule has 4 rings (SSSR count). The second-order valence-electron chi connectivity index (χ2n) is 11.2. The van der Waals surface area contributed by atoms with Gasteiger partial charge in [0.15, 0.2) is 17.4 Å². The molecule has 0 radical (unpaired) electrons. The van der Waals surface area contributed by atoms with Gasteiger partial charge in [-0.1, -0.05) is 30.7 Å². The van der Waals surface area contributed by atoms with Crippen LogP contribution in [0.2, 0.25) is 0 Å². The Hall–Kier alpha value is -1.64. The van der Waals surface area contributed by atoms with Gasteiger partial charge in [0, 0.05) is 0 Å². The van der Waals surface area contributed by atoms with Crippen LogP contribution in [0.4, 0.5) is 8.78 Å². The number of fused-ring (bicyclic) bond motifs is 1. The van der Waals surface area contributed by atoms with Gasteiger partial charge in [-0.15, -0.1) is 0 Å². The molecule has 0 spiro atoms. The molecule has 1 aromatic carbocycles. The minimum Gasteiger partial charge on any atom is -0.483 e. The van der Waals surface area contributed by atoms with Gasteiger partial charge in [-0.25, -0.2) is 8.78 Å². The third kappa shape index (κ3) is 6.32. The zero-order valence-electron chi connectivity index (χ0n) is 21.3. The third-order valence-electron chi connectivity index (χ3n) is 9.23.